The lowest BCUT2D eigenvalue weighted by atomic mass is 10.0. The number of benzene rings is 2. The SMILES string of the molecule is Cc1ccc(C2=NN(C(=O)COC(=O)c3ccc4c(=O)n5c(nc4c3)CCC5)[C@@H](c3ccco3)C2)cc1. The number of fused-ring (bicyclic) bond motifs is 2. The Hall–Kier alpha value is -4.53. The summed E-state index contributed by atoms with van der Waals surface area (Å²) in [5, 5.41) is 6.34. The van der Waals surface area contributed by atoms with E-state index in [1.807, 2.05) is 31.2 Å². The Labute approximate surface area is 212 Å². The topological polar surface area (TPSA) is 107 Å². The highest BCUT2D eigenvalue weighted by molar-refractivity contribution is 6.03. The minimum Gasteiger partial charge on any atom is -0.467 e. The zero-order valence-electron chi connectivity index (χ0n) is 20.2. The van der Waals surface area contributed by atoms with Gasteiger partial charge in [-0.05, 0) is 49.2 Å². The lowest BCUT2D eigenvalue weighted by Crippen LogP contribution is -2.31. The van der Waals surface area contributed by atoms with E-state index in [9.17, 15) is 14.4 Å². The average molecular weight is 497 g/mol. The van der Waals surface area contributed by atoms with Crippen molar-refractivity contribution in [3.05, 3.63) is 99.5 Å². The van der Waals surface area contributed by atoms with E-state index in [4.69, 9.17) is 9.15 Å². The molecule has 0 spiro atoms. The molecule has 1 amide bonds. The van der Waals surface area contributed by atoms with Gasteiger partial charge in [-0.2, -0.15) is 5.10 Å². The highest BCUT2D eigenvalue weighted by atomic mass is 16.5. The molecule has 1 atom stereocenters. The van der Waals surface area contributed by atoms with Crippen LogP contribution in [0.3, 0.4) is 0 Å². The van der Waals surface area contributed by atoms with E-state index in [1.54, 1.807) is 29.0 Å². The largest absolute Gasteiger partial charge is 0.467 e. The average Bonchev–Trinajstić information content (AvgIpc) is 3.68. The Morgan fingerprint density at radius 3 is 2.76 bits per heavy atom. The minimum atomic E-state index is -0.672. The number of carbonyl (C=O) groups is 2. The summed E-state index contributed by atoms with van der Waals surface area (Å²) in [7, 11) is 0. The van der Waals surface area contributed by atoms with Gasteiger partial charge in [0.15, 0.2) is 6.61 Å². The molecule has 2 aliphatic heterocycles. The van der Waals surface area contributed by atoms with Crippen molar-refractivity contribution in [3.8, 4) is 0 Å². The van der Waals surface area contributed by atoms with E-state index in [2.05, 4.69) is 10.1 Å². The number of rotatable bonds is 5. The van der Waals surface area contributed by atoms with Crippen LogP contribution in [0.15, 0.2) is 75.2 Å². The Morgan fingerprint density at radius 2 is 1.97 bits per heavy atom. The summed E-state index contributed by atoms with van der Waals surface area (Å²) < 4.78 is 12.6. The summed E-state index contributed by atoms with van der Waals surface area (Å²) in [6, 6.07) is 15.7. The van der Waals surface area contributed by atoms with E-state index < -0.39 is 24.5 Å². The third-order valence-corrected chi connectivity index (χ3v) is 6.80. The van der Waals surface area contributed by atoms with Crippen molar-refractivity contribution in [1.82, 2.24) is 14.6 Å². The molecule has 2 aromatic carbocycles. The second-order valence-electron chi connectivity index (χ2n) is 9.28. The summed E-state index contributed by atoms with van der Waals surface area (Å²) in [6.45, 7) is 2.18. The number of furan rings is 1. The van der Waals surface area contributed by atoms with Gasteiger partial charge in [0.25, 0.3) is 11.5 Å². The van der Waals surface area contributed by atoms with Crippen LogP contribution in [0.5, 0.6) is 0 Å². The number of esters is 1. The third kappa shape index (κ3) is 4.22. The fourth-order valence-electron chi connectivity index (χ4n) is 4.85. The zero-order valence-corrected chi connectivity index (χ0v) is 20.2. The normalized spacial score (nSPS) is 16.6. The van der Waals surface area contributed by atoms with Crippen molar-refractivity contribution in [3.63, 3.8) is 0 Å². The number of ether oxygens (including phenoxy) is 1. The van der Waals surface area contributed by atoms with Gasteiger partial charge in [0.1, 0.15) is 17.6 Å². The van der Waals surface area contributed by atoms with Gasteiger partial charge in [0.2, 0.25) is 0 Å². The van der Waals surface area contributed by atoms with Crippen molar-refractivity contribution < 1.29 is 18.7 Å². The van der Waals surface area contributed by atoms with Crippen molar-refractivity contribution in [2.45, 2.75) is 38.8 Å². The van der Waals surface area contributed by atoms with Crippen LogP contribution in [0.25, 0.3) is 10.9 Å². The first-order chi connectivity index (χ1) is 18.0. The molecule has 2 aromatic heterocycles. The molecule has 37 heavy (non-hydrogen) atoms. The van der Waals surface area contributed by atoms with Crippen LogP contribution in [-0.2, 0) is 22.5 Å². The molecule has 0 N–H and O–H groups in total. The quantitative estimate of drug-likeness (QED) is 0.389. The maximum absolute atomic E-state index is 13.1. The minimum absolute atomic E-state index is 0.104. The highest BCUT2D eigenvalue weighted by Crippen LogP contribution is 2.33. The molecule has 9 heteroatoms. The first kappa shape index (κ1) is 22.9. The molecule has 0 bridgehead atoms. The first-order valence-corrected chi connectivity index (χ1v) is 12.2. The monoisotopic (exact) mass is 496 g/mol. The molecule has 0 saturated heterocycles. The van der Waals surface area contributed by atoms with Gasteiger partial charge in [-0.15, -0.1) is 0 Å². The molecule has 0 saturated carbocycles. The van der Waals surface area contributed by atoms with Gasteiger partial charge >= 0.3 is 5.97 Å². The molecule has 0 radical (unpaired) electrons. The van der Waals surface area contributed by atoms with Gasteiger partial charge in [-0.1, -0.05) is 29.8 Å². The van der Waals surface area contributed by atoms with Crippen LogP contribution in [-0.4, -0.2) is 38.8 Å². The van der Waals surface area contributed by atoms with Crippen LogP contribution in [0, 0.1) is 6.92 Å². The molecular weight excluding hydrogens is 472 g/mol. The maximum Gasteiger partial charge on any atom is 0.338 e. The number of hydrazone groups is 1. The molecule has 0 fully saturated rings. The zero-order chi connectivity index (χ0) is 25.5. The summed E-state index contributed by atoms with van der Waals surface area (Å²) >= 11 is 0. The van der Waals surface area contributed by atoms with Crippen LogP contribution in [0.1, 0.15) is 52.0 Å². The third-order valence-electron chi connectivity index (χ3n) is 6.80. The number of aryl methyl sites for hydroxylation is 2. The highest BCUT2D eigenvalue weighted by Gasteiger charge is 2.35. The second kappa shape index (κ2) is 9.16. The van der Waals surface area contributed by atoms with Crippen molar-refractivity contribution in [2.24, 2.45) is 5.10 Å². The standard InChI is InChI=1S/C28H24N4O5/c1-17-6-8-18(9-7-17)21-15-23(24-4-3-13-36-24)32(30-21)26(33)16-37-28(35)19-10-11-20-22(14-19)29-25-5-2-12-31(25)27(20)34/h3-4,6-11,13-14,23H,2,5,12,15-16H2,1H3/t23-/m1/s1. The number of hydrogen-bond donors (Lipinski definition) is 0. The molecule has 0 unspecified atom stereocenters. The molecule has 4 aromatic rings. The number of nitrogens with zero attached hydrogens (tertiary/aromatic N) is 4. The van der Waals surface area contributed by atoms with Crippen molar-refractivity contribution in [1.29, 1.82) is 0 Å². The second-order valence-corrected chi connectivity index (χ2v) is 9.28. The number of aromatic nitrogens is 2. The van der Waals surface area contributed by atoms with Crippen molar-refractivity contribution >= 4 is 28.5 Å². The Morgan fingerprint density at radius 1 is 1.14 bits per heavy atom. The molecular formula is C28H24N4O5. The number of amides is 1. The predicted octanol–water partition coefficient (Wildman–Crippen LogP) is 3.78. The van der Waals surface area contributed by atoms with E-state index in [-0.39, 0.29) is 11.1 Å². The van der Waals surface area contributed by atoms with Gasteiger partial charge in [-0.25, -0.2) is 14.8 Å². The number of hydrogen-bond acceptors (Lipinski definition) is 7. The van der Waals surface area contributed by atoms with Gasteiger partial charge in [-0.3, -0.25) is 14.2 Å². The lowest BCUT2D eigenvalue weighted by Gasteiger charge is -2.19. The van der Waals surface area contributed by atoms with E-state index in [0.717, 1.165) is 35.5 Å². The Kier molecular flexibility index (Phi) is 5.67. The van der Waals surface area contributed by atoms with Crippen LogP contribution in [0.4, 0.5) is 0 Å². The van der Waals surface area contributed by atoms with Gasteiger partial charge in [0, 0.05) is 19.4 Å². The van der Waals surface area contributed by atoms with Crippen LogP contribution in [0.2, 0.25) is 0 Å². The smallest absolute Gasteiger partial charge is 0.338 e. The van der Waals surface area contributed by atoms with E-state index >= 15 is 0 Å². The summed E-state index contributed by atoms with van der Waals surface area (Å²) in [5.74, 6) is 0.185. The molecule has 2 aliphatic rings. The molecule has 6 rings (SSSR count). The molecule has 186 valence electrons. The molecule has 9 nitrogen and oxygen atoms in total. The molecule has 0 aliphatic carbocycles. The lowest BCUT2D eigenvalue weighted by molar-refractivity contribution is -0.136. The fraction of sp³-hybridized carbons (Fsp3) is 0.250. The molecule has 4 heterocycles. The summed E-state index contributed by atoms with van der Waals surface area (Å²) in [6.07, 6.45) is 3.63. The maximum atomic E-state index is 13.1. The van der Waals surface area contributed by atoms with E-state index in [1.165, 1.54) is 17.1 Å². The van der Waals surface area contributed by atoms with Crippen molar-refractivity contribution in [2.75, 3.05) is 6.61 Å². The summed E-state index contributed by atoms with van der Waals surface area (Å²) in [5.41, 5.74) is 3.36. The van der Waals surface area contributed by atoms with Crippen LogP contribution >= 0.6 is 0 Å². The van der Waals surface area contributed by atoms with Gasteiger partial charge < -0.3 is 9.15 Å². The Balaban J connectivity index is 1.20. The predicted molar refractivity (Wildman–Crippen MR) is 135 cm³/mol. The first-order valence-electron chi connectivity index (χ1n) is 12.2. The van der Waals surface area contributed by atoms with Gasteiger partial charge in [0.05, 0.1) is 28.4 Å². The number of carbonyl (C=O) groups excluding carboxylic acids is 2. The van der Waals surface area contributed by atoms with Crippen LogP contribution < -0.4 is 5.56 Å². The summed E-state index contributed by atoms with van der Waals surface area (Å²) in [4.78, 5) is 43.2. The Bertz CT molecular complexity index is 1600. The fourth-order valence-corrected chi connectivity index (χ4v) is 4.85. The van der Waals surface area contributed by atoms with E-state index in [0.29, 0.717) is 29.6 Å².